The van der Waals surface area contributed by atoms with Crippen LogP contribution in [0.25, 0.3) is 0 Å². The normalized spacial score (nSPS) is 17.9. The van der Waals surface area contributed by atoms with Crippen LogP contribution in [0.4, 0.5) is 0 Å². The van der Waals surface area contributed by atoms with E-state index in [1.54, 1.807) is 21.3 Å². The predicted octanol–water partition coefficient (Wildman–Crippen LogP) is 0.124. The Morgan fingerprint density at radius 1 is 1.05 bits per heavy atom. The van der Waals surface area contributed by atoms with Crippen molar-refractivity contribution in [2.45, 2.75) is 12.8 Å². The van der Waals surface area contributed by atoms with E-state index in [0.29, 0.717) is 32.9 Å². The molecule has 1 amide bonds. The number of rotatable bonds is 9. The van der Waals surface area contributed by atoms with E-state index in [4.69, 9.17) is 14.2 Å². The fourth-order valence-electron chi connectivity index (χ4n) is 2.65. The van der Waals surface area contributed by atoms with Gasteiger partial charge in [-0.05, 0) is 25.9 Å². The lowest BCUT2D eigenvalue weighted by molar-refractivity contribution is -0.149. The molecule has 1 N–H and O–H groups in total. The van der Waals surface area contributed by atoms with Crippen molar-refractivity contribution >= 4 is 5.91 Å². The summed E-state index contributed by atoms with van der Waals surface area (Å²) < 4.78 is 15.5. The highest BCUT2D eigenvalue weighted by atomic mass is 16.5. The molecule has 0 spiro atoms. The SMILES string of the molecule is COCCN(CCOC)C(=O)C1(COC)CCNCC1. The van der Waals surface area contributed by atoms with E-state index in [2.05, 4.69) is 5.32 Å². The second kappa shape index (κ2) is 9.28. The number of carbonyl (C=O) groups excluding carboxylic acids is 1. The van der Waals surface area contributed by atoms with Crippen molar-refractivity contribution < 1.29 is 19.0 Å². The summed E-state index contributed by atoms with van der Waals surface area (Å²) in [6, 6.07) is 0. The third kappa shape index (κ3) is 4.70. The highest BCUT2D eigenvalue weighted by Crippen LogP contribution is 2.31. The van der Waals surface area contributed by atoms with Crippen molar-refractivity contribution in [1.82, 2.24) is 10.2 Å². The molecule has 0 aromatic carbocycles. The van der Waals surface area contributed by atoms with Gasteiger partial charge in [0.1, 0.15) is 0 Å². The van der Waals surface area contributed by atoms with Gasteiger partial charge in [-0.2, -0.15) is 0 Å². The smallest absolute Gasteiger partial charge is 0.231 e. The minimum Gasteiger partial charge on any atom is -0.384 e. The third-order valence-electron chi connectivity index (χ3n) is 3.85. The Kier molecular flexibility index (Phi) is 8.06. The fraction of sp³-hybridized carbons (Fsp3) is 0.929. The van der Waals surface area contributed by atoms with Gasteiger partial charge in [0.25, 0.3) is 0 Å². The summed E-state index contributed by atoms with van der Waals surface area (Å²) in [6.07, 6.45) is 1.63. The molecule has 6 nitrogen and oxygen atoms in total. The molecule has 1 aliphatic heterocycles. The van der Waals surface area contributed by atoms with Gasteiger partial charge in [0.15, 0.2) is 0 Å². The van der Waals surface area contributed by atoms with Gasteiger partial charge < -0.3 is 24.4 Å². The van der Waals surface area contributed by atoms with Crippen LogP contribution in [-0.4, -0.2) is 78.1 Å². The molecular formula is C14H28N2O4. The van der Waals surface area contributed by atoms with Crippen LogP contribution in [0.15, 0.2) is 0 Å². The van der Waals surface area contributed by atoms with E-state index in [-0.39, 0.29) is 5.91 Å². The summed E-state index contributed by atoms with van der Waals surface area (Å²) in [5.74, 6) is 0.162. The van der Waals surface area contributed by atoms with Gasteiger partial charge in [0.05, 0.1) is 25.2 Å². The molecule has 0 aliphatic carbocycles. The second-order valence-corrected chi connectivity index (χ2v) is 5.24. The second-order valence-electron chi connectivity index (χ2n) is 5.24. The average molecular weight is 288 g/mol. The minimum atomic E-state index is -0.401. The fourth-order valence-corrected chi connectivity index (χ4v) is 2.65. The Bertz CT molecular complexity index is 267. The molecule has 0 bridgehead atoms. The summed E-state index contributed by atoms with van der Waals surface area (Å²) in [4.78, 5) is 14.8. The van der Waals surface area contributed by atoms with Gasteiger partial charge in [-0.3, -0.25) is 4.79 Å². The zero-order chi connectivity index (χ0) is 14.8. The van der Waals surface area contributed by atoms with E-state index in [1.165, 1.54) is 0 Å². The highest BCUT2D eigenvalue weighted by molar-refractivity contribution is 5.83. The lowest BCUT2D eigenvalue weighted by Crippen LogP contribution is -2.52. The lowest BCUT2D eigenvalue weighted by atomic mass is 9.78. The van der Waals surface area contributed by atoms with E-state index < -0.39 is 5.41 Å². The van der Waals surface area contributed by atoms with Crippen molar-refractivity contribution in [1.29, 1.82) is 0 Å². The highest BCUT2D eigenvalue weighted by Gasteiger charge is 2.42. The van der Waals surface area contributed by atoms with Gasteiger partial charge in [0, 0.05) is 34.4 Å². The van der Waals surface area contributed by atoms with Gasteiger partial charge in [-0.1, -0.05) is 0 Å². The number of ether oxygens (including phenoxy) is 3. The Labute approximate surface area is 121 Å². The van der Waals surface area contributed by atoms with E-state index in [1.807, 2.05) is 4.90 Å². The van der Waals surface area contributed by atoms with Crippen molar-refractivity contribution in [3.05, 3.63) is 0 Å². The molecule has 20 heavy (non-hydrogen) atoms. The Hall–Kier alpha value is -0.690. The summed E-state index contributed by atoms with van der Waals surface area (Å²) in [5.41, 5.74) is -0.401. The monoisotopic (exact) mass is 288 g/mol. The first kappa shape index (κ1) is 17.4. The lowest BCUT2D eigenvalue weighted by Gasteiger charge is -2.39. The summed E-state index contributed by atoms with van der Waals surface area (Å²) >= 11 is 0. The minimum absolute atomic E-state index is 0.162. The molecule has 0 radical (unpaired) electrons. The Balaban J connectivity index is 2.75. The van der Waals surface area contributed by atoms with Gasteiger partial charge >= 0.3 is 0 Å². The van der Waals surface area contributed by atoms with Crippen LogP contribution in [0, 0.1) is 5.41 Å². The standard InChI is InChI=1S/C14H28N2O4/c1-18-10-8-16(9-11-19-2)13(17)14(12-20-3)4-6-15-7-5-14/h15H,4-12H2,1-3H3. The largest absolute Gasteiger partial charge is 0.384 e. The quantitative estimate of drug-likeness (QED) is 0.653. The third-order valence-corrected chi connectivity index (χ3v) is 3.85. The van der Waals surface area contributed by atoms with Crippen LogP contribution in [0.5, 0.6) is 0 Å². The number of amides is 1. The molecular weight excluding hydrogens is 260 g/mol. The van der Waals surface area contributed by atoms with Crippen LogP contribution in [0.3, 0.4) is 0 Å². The van der Waals surface area contributed by atoms with Crippen LogP contribution in [-0.2, 0) is 19.0 Å². The number of hydrogen-bond acceptors (Lipinski definition) is 5. The maximum Gasteiger partial charge on any atom is 0.231 e. The molecule has 0 aromatic heterocycles. The van der Waals surface area contributed by atoms with Crippen molar-refractivity contribution in [3.63, 3.8) is 0 Å². The summed E-state index contributed by atoms with van der Waals surface area (Å²) in [5, 5.41) is 3.30. The molecule has 0 unspecified atom stereocenters. The number of hydrogen-bond donors (Lipinski definition) is 1. The number of carbonyl (C=O) groups is 1. The number of methoxy groups -OCH3 is 3. The Morgan fingerprint density at radius 3 is 2.05 bits per heavy atom. The summed E-state index contributed by atoms with van der Waals surface area (Å²) in [7, 11) is 4.95. The van der Waals surface area contributed by atoms with Gasteiger partial charge in [-0.15, -0.1) is 0 Å². The van der Waals surface area contributed by atoms with Crippen molar-refractivity contribution in [2.75, 3.05) is 67.3 Å². The molecule has 0 saturated carbocycles. The molecule has 1 rings (SSSR count). The molecule has 0 atom stereocenters. The first-order valence-electron chi connectivity index (χ1n) is 7.17. The Morgan fingerprint density at radius 2 is 1.60 bits per heavy atom. The maximum absolute atomic E-state index is 12.9. The average Bonchev–Trinajstić information content (AvgIpc) is 2.48. The van der Waals surface area contributed by atoms with Gasteiger partial charge in [-0.25, -0.2) is 0 Å². The first-order chi connectivity index (χ1) is 9.70. The molecule has 1 saturated heterocycles. The van der Waals surface area contributed by atoms with Crippen molar-refractivity contribution in [3.8, 4) is 0 Å². The van der Waals surface area contributed by atoms with Gasteiger partial charge in [0.2, 0.25) is 5.91 Å². The van der Waals surface area contributed by atoms with Crippen LogP contribution >= 0.6 is 0 Å². The number of piperidine rings is 1. The zero-order valence-electron chi connectivity index (χ0n) is 12.9. The first-order valence-corrected chi connectivity index (χ1v) is 7.17. The van der Waals surface area contributed by atoms with E-state index in [9.17, 15) is 4.79 Å². The van der Waals surface area contributed by atoms with E-state index in [0.717, 1.165) is 25.9 Å². The van der Waals surface area contributed by atoms with E-state index >= 15 is 0 Å². The molecule has 1 fully saturated rings. The summed E-state index contributed by atoms with van der Waals surface area (Å²) in [6.45, 7) is 4.46. The van der Waals surface area contributed by atoms with Crippen molar-refractivity contribution in [2.24, 2.45) is 5.41 Å². The molecule has 0 aromatic rings. The maximum atomic E-state index is 12.9. The predicted molar refractivity (Wildman–Crippen MR) is 76.7 cm³/mol. The number of nitrogens with one attached hydrogen (secondary N) is 1. The number of nitrogens with zero attached hydrogens (tertiary/aromatic N) is 1. The van der Waals surface area contributed by atoms with Crippen LogP contribution in [0.2, 0.25) is 0 Å². The molecule has 1 heterocycles. The molecule has 6 heteroatoms. The molecule has 118 valence electrons. The topological polar surface area (TPSA) is 60.0 Å². The molecule has 1 aliphatic rings. The van der Waals surface area contributed by atoms with Crippen LogP contribution in [0.1, 0.15) is 12.8 Å². The zero-order valence-corrected chi connectivity index (χ0v) is 12.9. The van der Waals surface area contributed by atoms with Crippen LogP contribution < -0.4 is 5.32 Å².